The number of hydrogen-bond donors (Lipinski definition) is 5. The van der Waals surface area contributed by atoms with Crippen LogP contribution in [0.25, 0.3) is 0 Å². The Morgan fingerprint density at radius 1 is 1.12 bits per heavy atom. The summed E-state index contributed by atoms with van der Waals surface area (Å²) in [5.74, 6) is -3.15. The summed E-state index contributed by atoms with van der Waals surface area (Å²) in [6, 6.07) is -2.18. The minimum Gasteiger partial charge on any atom is -0.480 e. The molecule has 2 atom stereocenters. The van der Waals surface area contributed by atoms with E-state index >= 15 is 0 Å². The summed E-state index contributed by atoms with van der Waals surface area (Å²) >= 11 is 1.26. The Labute approximate surface area is 155 Å². The van der Waals surface area contributed by atoms with Crippen LogP contribution in [0.3, 0.4) is 0 Å². The minimum absolute atomic E-state index is 0.0901. The lowest BCUT2D eigenvalue weighted by atomic mass is 10.1. The SMILES string of the molecule is COC(CSCC(NC(=O)CCC(N)C(=O)O)C(=O)NCC(=O)O)OC. The van der Waals surface area contributed by atoms with Gasteiger partial charge < -0.3 is 36.1 Å². The molecule has 0 bridgehead atoms. The third kappa shape index (κ3) is 10.9. The van der Waals surface area contributed by atoms with E-state index in [1.165, 1.54) is 26.0 Å². The van der Waals surface area contributed by atoms with Gasteiger partial charge in [-0.15, -0.1) is 0 Å². The molecule has 11 nitrogen and oxygen atoms in total. The predicted molar refractivity (Wildman–Crippen MR) is 92.6 cm³/mol. The van der Waals surface area contributed by atoms with Crippen LogP contribution in [0.2, 0.25) is 0 Å². The number of methoxy groups -OCH3 is 2. The average Bonchev–Trinajstić information content (AvgIpc) is 2.59. The number of nitrogens with one attached hydrogen (secondary N) is 2. The molecule has 0 aromatic heterocycles. The van der Waals surface area contributed by atoms with Crippen LogP contribution in [0.4, 0.5) is 0 Å². The highest BCUT2D eigenvalue weighted by Crippen LogP contribution is 2.09. The van der Waals surface area contributed by atoms with Crippen molar-refractivity contribution in [1.82, 2.24) is 10.6 Å². The van der Waals surface area contributed by atoms with Crippen LogP contribution < -0.4 is 16.4 Å². The fourth-order valence-electron chi connectivity index (χ4n) is 1.66. The molecule has 0 aliphatic heterocycles. The molecule has 150 valence electrons. The van der Waals surface area contributed by atoms with Gasteiger partial charge in [-0.25, -0.2) is 0 Å². The van der Waals surface area contributed by atoms with E-state index < -0.39 is 48.7 Å². The molecule has 2 amide bonds. The molecule has 0 saturated heterocycles. The van der Waals surface area contributed by atoms with Crippen molar-refractivity contribution in [2.75, 3.05) is 32.3 Å². The topological polar surface area (TPSA) is 177 Å². The second-order valence-electron chi connectivity index (χ2n) is 5.15. The molecule has 0 rings (SSSR count). The zero-order valence-corrected chi connectivity index (χ0v) is 15.4. The summed E-state index contributed by atoms with van der Waals surface area (Å²) in [6.45, 7) is -0.585. The van der Waals surface area contributed by atoms with Gasteiger partial charge >= 0.3 is 11.9 Å². The van der Waals surface area contributed by atoms with Crippen LogP contribution in [0.1, 0.15) is 12.8 Å². The molecule has 0 aliphatic carbocycles. The van der Waals surface area contributed by atoms with Crippen molar-refractivity contribution in [3.63, 3.8) is 0 Å². The van der Waals surface area contributed by atoms with E-state index in [2.05, 4.69) is 10.6 Å². The largest absolute Gasteiger partial charge is 0.480 e. The number of nitrogens with two attached hydrogens (primary N) is 1. The Morgan fingerprint density at radius 2 is 1.73 bits per heavy atom. The number of rotatable bonds is 14. The van der Waals surface area contributed by atoms with E-state index in [9.17, 15) is 19.2 Å². The van der Waals surface area contributed by atoms with E-state index in [-0.39, 0.29) is 18.6 Å². The van der Waals surface area contributed by atoms with E-state index in [1.807, 2.05) is 0 Å². The standard InChI is InChI=1S/C14H25N3O8S/c1-24-12(25-2)7-26-6-9(13(21)16-5-11(19)20)17-10(18)4-3-8(15)14(22)23/h8-9,12H,3-7,15H2,1-2H3,(H,16,21)(H,17,18)(H,19,20)(H,22,23). The van der Waals surface area contributed by atoms with Gasteiger partial charge in [0.1, 0.15) is 18.6 Å². The summed E-state index contributed by atoms with van der Waals surface area (Å²) in [6.07, 6.45) is -0.765. The smallest absolute Gasteiger partial charge is 0.322 e. The van der Waals surface area contributed by atoms with Crippen LogP contribution in [0.15, 0.2) is 0 Å². The first-order valence-electron chi connectivity index (χ1n) is 7.61. The van der Waals surface area contributed by atoms with Gasteiger partial charge in [0, 0.05) is 32.1 Å². The summed E-state index contributed by atoms with van der Waals surface area (Å²) in [5.41, 5.74) is 5.32. The van der Waals surface area contributed by atoms with Crippen LogP contribution in [0, 0.1) is 0 Å². The lowest BCUT2D eigenvalue weighted by Gasteiger charge is -2.19. The predicted octanol–water partition coefficient (Wildman–Crippen LogP) is -1.78. The van der Waals surface area contributed by atoms with E-state index in [0.717, 1.165) is 0 Å². The quantitative estimate of drug-likeness (QED) is 0.211. The molecule has 0 saturated carbocycles. The number of aliphatic carboxylic acids is 2. The van der Waals surface area contributed by atoms with Gasteiger partial charge in [0.25, 0.3) is 0 Å². The Morgan fingerprint density at radius 3 is 2.23 bits per heavy atom. The van der Waals surface area contributed by atoms with Crippen molar-refractivity contribution in [1.29, 1.82) is 0 Å². The maximum Gasteiger partial charge on any atom is 0.322 e. The number of thioether (sulfide) groups is 1. The summed E-state index contributed by atoms with van der Waals surface area (Å²) < 4.78 is 10.0. The highest BCUT2D eigenvalue weighted by molar-refractivity contribution is 7.99. The van der Waals surface area contributed by atoms with Crippen LogP contribution >= 0.6 is 11.8 Å². The molecule has 0 fully saturated rings. The van der Waals surface area contributed by atoms with Crippen molar-refractivity contribution >= 4 is 35.5 Å². The molecule has 0 aliphatic rings. The maximum atomic E-state index is 12.1. The van der Waals surface area contributed by atoms with Gasteiger partial charge in [0.05, 0.1) is 0 Å². The van der Waals surface area contributed by atoms with Gasteiger partial charge in [-0.3, -0.25) is 19.2 Å². The van der Waals surface area contributed by atoms with E-state index in [4.69, 9.17) is 25.4 Å². The molecule has 0 aromatic rings. The van der Waals surface area contributed by atoms with Crippen LogP contribution in [-0.4, -0.2) is 84.6 Å². The maximum absolute atomic E-state index is 12.1. The third-order valence-corrected chi connectivity index (χ3v) is 4.21. The fraction of sp³-hybridized carbons (Fsp3) is 0.714. The Kier molecular flexibility index (Phi) is 12.4. The molecule has 6 N–H and O–H groups in total. The van der Waals surface area contributed by atoms with Gasteiger partial charge in [0.2, 0.25) is 11.8 Å². The molecule has 2 unspecified atom stereocenters. The molecule has 0 heterocycles. The van der Waals surface area contributed by atoms with Gasteiger partial charge in [-0.1, -0.05) is 0 Å². The lowest BCUT2D eigenvalue weighted by Crippen LogP contribution is -2.49. The number of amides is 2. The molecule has 0 radical (unpaired) electrons. The Balaban J connectivity index is 4.64. The van der Waals surface area contributed by atoms with Gasteiger partial charge in [-0.2, -0.15) is 11.8 Å². The Bertz CT molecular complexity index is 487. The summed E-state index contributed by atoms with van der Waals surface area (Å²) in [7, 11) is 2.92. The van der Waals surface area contributed by atoms with Crippen LogP contribution in [0.5, 0.6) is 0 Å². The first-order valence-corrected chi connectivity index (χ1v) is 8.77. The number of carbonyl (C=O) groups is 4. The molecule has 0 spiro atoms. The average molecular weight is 395 g/mol. The van der Waals surface area contributed by atoms with Crippen molar-refractivity contribution in [2.45, 2.75) is 31.2 Å². The second kappa shape index (κ2) is 13.3. The van der Waals surface area contributed by atoms with Gasteiger partial charge in [0.15, 0.2) is 6.29 Å². The highest BCUT2D eigenvalue weighted by Gasteiger charge is 2.23. The van der Waals surface area contributed by atoms with Gasteiger partial charge in [-0.05, 0) is 6.42 Å². The first-order chi connectivity index (χ1) is 12.2. The second-order valence-corrected chi connectivity index (χ2v) is 6.23. The first kappa shape index (κ1) is 24.1. The third-order valence-electron chi connectivity index (χ3n) is 3.13. The molecular formula is C14H25N3O8S. The fourth-order valence-corrected chi connectivity index (χ4v) is 2.73. The zero-order valence-electron chi connectivity index (χ0n) is 14.6. The zero-order chi connectivity index (χ0) is 20.1. The number of carboxylic acid groups (broad SMARTS) is 2. The summed E-state index contributed by atoms with van der Waals surface area (Å²) in [4.78, 5) is 45.2. The van der Waals surface area contributed by atoms with Crippen molar-refractivity contribution in [3.8, 4) is 0 Å². The number of carbonyl (C=O) groups excluding carboxylic acids is 2. The molecule has 12 heteroatoms. The monoisotopic (exact) mass is 395 g/mol. The number of hydrogen-bond acceptors (Lipinski definition) is 8. The van der Waals surface area contributed by atoms with E-state index in [1.54, 1.807) is 0 Å². The number of carboxylic acids is 2. The normalized spacial score (nSPS) is 13.1. The highest BCUT2D eigenvalue weighted by atomic mass is 32.2. The van der Waals surface area contributed by atoms with E-state index in [0.29, 0.717) is 5.75 Å². The number of ether oxygens (including phenoxy) is 2. The van der Waals surface area contributed by atoms with Crippen molar-refractivity contribution < 1.29 is 38.9 Å². The lowest BCUT2D eigenvalue weighted by molar-refractivity contribution is -0.139. The van der Waals surface area contributed by atoms with Crippen molar-refractivity contribution in [3.05, 3.63) is 0 Å². The Hall–Kier alpha value is -1.89. The molecule has 0 aromatic carbocycles. The van der Waals surface area contributed by atoms with Crippen LogP contribution in [-0.2, 0) is 28.7 Å². The van der Waals surface area contributed by atoms with Crippen molar-refractivity contribution in [2.24, 2.45) is 5.73 Å². The molecular weight excluding hydrogens is 370 g/mol. The summed E-state index contributed by atoms with van der Waals surface area (Å²) in [5, 5.41) is 22.0. The minimum atomic E-state index is -1.23. The molecule has 26 heavy (non-hydrogen) atoms.